The highest BCUT2D eigenvalue weighted by atomic mass is 79.9. The first kappa shape index (κ1) is 12.7. The third kappa shape index (κ3) is 5.90. The van der Waals surface area contributed by atoms with Crippen LogP contribution in [0.25, 0.3) is 0 Å². The monoisotopic (exact) mass is 270 g/mol. The van der Waals surface area contributed by atoms with E-state index in [0.29, 0.717) is 0 Å². The predicted octanol–water partition coefficient (Wildman–Crippen LogP) is 3.37. The van der Waals surface area contributed by atoms with Gasteiger partial charge in [-0.25, -0.2) is 0 Å². The molecule has 0 aliphatic rings. The molecule has 1 rings (SSSR count). The van der Waals surface area contributed by atoms with Crippen LogP contribution < -0.4 is 5.32 Å². The van der Waals surface area contributed by atoms with Crippen LogP contribution in [0.1, 0.15) is 32.4 Å². The Balaban J connectivity index is 2.12. The lowest BCUT2D eigenvalue weighted by Crippen LogP contribution is -2.15. The average Bonchev–Trinajstić information content (AvgIpc) is 2.20. The molecule has 0 aromatic carbocycles. The fourth-order valence-electron chi connectivity index (χ4n) is 1.36. The van der Waals surface area contributed by atoms with Crippen molar-refractivity contribution < 1.29 is 0 Å². The number of hydrogen-bond acceptors (Lipinski definition) is 2. The maximum atomic E-state index is 4.30. The molecule has 1 aromatic heterocycles. The number of hydrogen-bond donors (Lipinski definition) is 1. The van der Waals surface area contributed by atoms with E-state index in [1.54, 1.807) is 0 Å². The molecule has 0 saturated carbocycles. The van der Waals surface area contributed by atoms with E-state index in [9.17, 15) is 0 Å². The van der Waals surface area contributed by atoms with Crippen LogP contribution in [0.4, 0.5) is 0 Å². The highest BCUT2D eigenvalue weighted by molar-refractivity contribution is 9.10. The van der Waals surface area contributed by atoms with Gasteiger partial charge in [-0.15, -0.1) is 0 Å². The Morgan fingerprint density at radius 3 is 2.80 bits per heavy atom. The molecule has 0 bridgehead atoms. The van der Waals surface area contributed by atoms with Crippen molar-refractivity contribution in [3.8, 4) is 0 Å². The van der Waals surface area contributed by atoms with Gasteiger partial charge in [-0.2, -0.15) is 0 Å². The molecule has 84 valence electrons. The van der Waals surface area contributed by atoms with Crippen molar-refractivity contribution in [2.45, 2.75) is 33.2 Å². The molecule has 1 aromatic rings. The van der Waals surface area contributed by atoms with Gasteiger partial charge in [0.1, 0.15) is 0 Å². The number of nitrogens with zero attached hydrogens (tertiary/aromatic N) is 1. The smallest absolute Gasteiger partial charge is 0.0542 e. The Hall–Kier alpha value is -0.410. The summed E-state index contributed by atoms with van der Waals surface area (Å²) in [5.41, 5.74) is 1.10. The van der Waals surface area contributed by atoms with Crippen molar-refractivity contribution >= 4 is 15.9 Å². The molecule has 0 amide bonds. The molecule has 0 radical (unpaired) electrons. The Bertz CT molecular complexity index is 269. The summed E-state index contributed by atoms with van der Waals surface area (Å²) in [5, 5.41) is 3.40. The lowest BCUT2D eigenvalue weighted by molar-refractivity contribution is 0.526. The zero-order valence-corrected chi connectivity index (χ0v) is 11.0. The normalized spacial score (nSPS) is 10.9. The summed E-state index contributed by atoms with van der Waals surface area (Å²) in [6.07, 6.45) is 4.38. The third-order valence-electron chi connectivity index (χ3n) is 2.23. The van der Waals surface area contributed by atoms with Gasteiger partial charge in [-0.1, -0.05) is 13.8 Å². The van der Waals surface area contributed by atoms with Gasteiger partial charge in [0.2, 0.25) is 0 Å². The van der Waals surface area contributed by atoms with E-state index in [1.807, 2.05) is 18.3 Å². The van der Waals surface area contributed by atoms with Gasteiger partial charge >= 0.3 is 0 Å². The molecule has 0 spiro atoms. The van der Waals surface area contributed by atoms with Gasteiger partial charge in [0.25, 0.3) is 0 Å². The Labute approximate surface area is 101 Å². The van der Waals surface area contributed by atoms with Crippen LogP contribution in [-0.4, -0.2) is 11.5 Å². The molecular weight excluding hydrogens is 252 g/mol. The average molecular weight is 271 g/mol. The number of aromatic nitrogens is 1. The number of rotatable bonds is 6. The SMILES string of the molecule is CC(C)CCCNCc1ccc(Br)cn1. The predicted molar refractivity (Wildman–Crippen MR) is 67.7 cm³/mol. The van der Waals surface area contributed by atoms with Crippen molar-refractivity contribution in [2.75, 3.05) is 6.54 Å². The van der Waals surface area contributed by atoms with Crippen LogP contribution in [0.5, 0.6) is 0 Å². The molecule has 0 fully saturated rings. The number of halogens is 1. The first-order valence-electron chi connectivity index (χ1n) is 5.49. The standard InChI is InChI=1S/C12H19BrN2/c1-10(2)4-3-7-14-9-12-6-5-11(13)8-15-12/h5-6,8,10,14H,3-4,7,9H2,1-2H3. The number of nitrogens with one attached hydrogen (secondary N) is 1. The van der Waals surface area contributed by atoms with Crippen molar-refractivity contribution in [2.24, 2.45) is 5.92 Å². The molecule has 0 aliphatic carbocycles. The van der Waals surface area contributed by atoms with Crippen LogP contribution in [0.15, 0.2) is 22.8 Å². The largest absolute Gasteiger partial charge is 0.311 e. The fraction of sp³-hybridized carbons (Fsp3) is 0.583. The fourth-order valence-corrected chi connectivity index (χ4v) is 1.60. The van der Waals surface area contributed by atoms with E-state index in [2.05, 4.69) is 40.1 Å². The highest BCUT2D eigenvalue weighted by Gasteiger charge is 1.95. The van der Waals surface area contributed by atoms with Crippen LogP contribution in [-0.2, 0) is 6.54 Å². The molecule has 1 heterocycles. The lowest BCUT2D eigenvalue weighted by Gasteiger charge is -2.06. The zero-order valence-electron chi connectivity index (χ0n) is 9.46. The van der Waals surface area contributed by atoms with E-state index in [1.165, 1.54) is 12.8 Å². The van der Waals surface area contributed by atoms with Crippen LogP contribution >= 0.6 is 15.9 Å². The molecular formula is C12H19BrN2. The summed E-state index contributed by atoms with van der Waals surface area (Å²) in [6, 6.07) is 4.07. The van der Waals surface area contributed by atoms with Gasteiger partial charge in [0.05, 0.1) is 5.69 Å². The Kier molecular flexibility index (Phi) is 5.88. The van der Waals surface area contributed by atoms with Crippen molar-refractivity contribution in [3.63, 3.8) is 0 Å². The minimum Gasteiger partial charge on any atom is -0.311 e. The summed E-state index contributed by atoms with van der Waals surface area (Å²) < 4.78 is 1.03. The van der Waals surface area contributed by atoms with Crippen LogP contribution in [0.3, 0.4) is 0 Å². The van der Waals surface area contributed by atoms with E-state index in [4.69, 9.17) is 0 Å². The first-order valence-corrected chi connectivity index (χ1v) is 6.29. The maximum Gasteiger partial charge on any atom is 0.0542 e. The molecule has 1 N–H and O–H groups in total. The molecule has 0 saturated heterocycles. The van der Waals surface area contributed by atoms with Gasteiger partial charge in [0, 0.05) is 17.2 Å². The molecule has 15 heavy (non-hydrogen) atoms. The zero-order chi connectivity index (χ0) is 11.1. The second kappa shape index (κ2) is 6.96. The number of pyridine rings is 1. The van der Waals surface area contributed by atoms with Gasteiger partial charge in [-0.3, -0.25) is 4.98 Å². The second-order valence-electron chi connectivity index (χ2n) is 4.18. The highest BCUT2D eigenvalue weighted by Crippen LogP contribution is 2.07. The molecule has 0 aliphatic heterocycles. The van der Waals surface area contributed by atoms with Gasteiger partial charge in [0.15, 0.2) is 0 Å². The minimum atomic E-state index is 0.803. The van der Waals surface area contributed by atoms with Crippen LogP contribution in [0.2, 0.25) is 0 Å². The van der Waals surface area contributed by atoms with E-state index in [0.717, 1.165) is 29.2 Å². The van der Waals surface area contributed by atoms with Crippen molar-refractivity contribution in [1.82, 2.24) is 10.3 Å². The quantitative estimate of drug-likeness (QED) is 0.802. The molecule has 3 heteroatoms. The summed E-state index contributed by atoms with van der Waals surface area (Å²) >= 11 is 3.37. The van der Waals surface area contributed by atoms with Gasteiger partial charge in [-0.05, 0) is 53.4 Å². The first-order chi connectivity index (χ1) is 7.18. The molecule has 0 unspecified atom stereocenters. The van der Waals surface area contributed by atoms with E-state index in [-0.39, 0.29) is 0 Å². The van der Waals surface area contributed by atoms with Crippen molar-refractivity contribution in [1.29, 1.82) is 0 Å². The van der Waals surface area contributed by atoms with E-state index < -0.39 is 0 Å². The Morgan fingerprint density at radius 2 is 2.20 bits per heavy atom. The van der Waals surface area contributed by atoms with Crippen LogP contribution in [0, 0.1) is 5.92 Å². The second-order valence-corrected chi connectivity index (χ2v) is 5.10. The maximum absolute atomic E-state index is 4.30. The van der Waals surface area contributed by atoms with Crippen molar-refractivity contribution in [3.05, 3.63) is 28.5 Å². The van der Waals surface area contributed by atoms with Gasteiger partial charge < -0.3 is 5.32 Å². The summed E-state index contributed by atoms with van der Waals surface area (Å²) in [4.78, 5) is 4.30. The van der Waals surface area contributed by atoms with E-state index >= 15 is 0 Å². The third-order valence-corrected chi connectivity index (χ3v) is 2.70. The minimum absolute atomic E-state index is 0.803. The molecule has 2 nitrogen and oxygen atoms in total. The summed E-state index contributed by atoms with van der Waals surface area (Å²) in [6.45, 7) is 6.47. The molecule has 0 atom stereocenters. The Morgan fingerprint density at radius 1 is 1.40 bits per heavy atom. The topological polar surface area (TPSA) is 24.9 Å². The summed E-state index contributed by atoms with van der Waals surface area (Å²) in [7, 11) is 0. The lowest BCUT2D eigenvalue weighted by atomic mass is 10.1. The summed E-state index contributed by atoms with van der Waals surface area (Å²) in [5.74, 6) is 0.803.